The second-order valence-corrected chi connectivity index (χ2v) is 4.96. The van der Waals surface area contributed by atoms with Gasteiger partial charge in [-0.15, -0.1) is 0 Å². The topological polar surface area (TPSA) is 28.2 Å². The fraction of sp³-hybridized carbons (Fsp3) is 0.667. The van der Waals surface area contributed by atoms with Crippen molar-refractivity contribution in [1.82, 2.24) is 15.2 Å². The maximum absolute atomic E-state index is 13.0. The van der Waals surface area contributed by atoms with Crippen LogP contribution in [0.25, 0.3) is 0 Å². The molecule has 1 aromatic heterocycles. The largest absolute Gasteiger partial charge is 0.310 e. The first-order chi connectivity index (χ1) is 9.15. The molecule has 0 saturated heterocycles. The van der Waals surface area contributed by atoms with Gasteiger partial charge in [0.2, 0.25) is 0 Å². The van der Waals surface area contributed by atoms with Crippen molar-refractivity contribution in [3.8, 4) is 0 Å². The summed E-state index contributed by atoms with van der Waals surface area (Å²) in [5.74, 6) is -0.270. The zero-order valence-corrected chi connectivity index (χ0v) is 12.3. The molecule has 0 fully saturated rings. The summed E-state index contributed by atoms with van der Waals surface area (Å²) in [6, 6.07) is 1.97. The summed E-state index contributed by atoms with van der Waals surface area (Å²) in [4.78, 5) is 6.28. The number of pyridine rings is 1. The van der Waals surface area contributed by atoms with E-state index in [1.165, 1.54) is 18.7 Å². The Hall–Kier alpha value is -1.00. The number of aromatic nitrogens is 1. The lowest BCUT2D eigenvalue weighted by atomic mass is 10.1. The second kappa shape index (κ2) is 8.99. The molecule has 1 N–H and O–H groups in total. The molecule has 108 valence electrons. The average Bonchev–Trinajstić information content (AvgIpc) is 2.41. The quantitative estimate of drug-likeness (QED) is 0.745. The molecule has 4 heteroatoms. The summed E-state index contributed by atoms with van der Waals surface area (Å²) in [7, 11) is 0. The molecule has 3 nitrogen and oxygen atoms in total. The van der Waals surface area contributed by atoms with E-state index in [0.29, 0.717) is 12.6 Å². The Kier molecular flexibility index (Phi) is 7.60. The van der Waals surface area contributed by atoms with Crippen LogP contribution in [0.5, 0.6) is 0 Å². The molecule has 1 unspecified atom stereocenters. The Morgan fingerprint density at radius 3 is 2.68 bits per heavy atom. The molecule has 0 bridgehead atoms. The molecular formula is C15H26FN3. The maximum Gasteiger partial charge on any atom is 0.141 e. The SMILES string of the molecule is CCN(CC)CCCC(C)NCc1cncc(F)c1. The molecular weight excluding hydrogens is 241 g/mol. The predicted molar refractivity (Wildman–Crippen MR) is 77.5 cm³/mol. The normalized spacial score (nSPS) is 12.9. The Labute approximate surface area is 116 Å². The van der Waals surface area contributed by atoms with Gasteiger partial charge in [0.05, 0.1) is 6.20 Å². The van der Waals surface area contributed by atoms with E-state index in [4.69, 9.17) is 0 Å². The number of nitrogens with one attached hydrogen (secondary N) is 1. The molecule has 0 amide bonds. The molecule has 0 aliphatic rings. The Bertz CT molecular complexity index is 353. The van der Waals surface area contributed by atoms with Crippen LogP contribution in [0.3, 0.4) is 0 Å². The number of hydrogen-bond acceptors (Lipinski definition) is 3. The second-order valence-electron chi connectivity index (χ2n) is 4.96. The van der Waals surface area contributed by atoms with E-state index in [1.54, 1.807) is 6.20 Å². The number of nitrogens with zero attached hydrogens (tertiary/aromatic N) is 2. The fourth-order valence-corrected chi connectivity index (χ4v) is 2.11. The molecule has 0 spiro atoms. The fourth-order valence-electron chi connectivity index (χ4n) is 2.11. The minimum atomic E-state index is -0.270. The monoisotopic (exact) mass is 267 g/mol. The van der Waals surface area contributed by atoms with Crippen LogP contribution in [0.4, 0.5) is 4.39 Å². The average molecular weight is 267 g/mol. The highest BCUT2D eigenvalue weighted by Crippen LogP contribution is 2.03. The van der Waals surface area contributed by atoms with Crippen molar-refractivity contribution in [2.45, 2.75) is 46.2 Å². The first-order valence-corrected chi connectivity index (χ1v) is 7.20. The Balaban J connectivity index is 2.19. The third kappa shape index (κ3) is 6.64. The van der Waals surface area contributed by atoms with Crippen molar-refractivity contribution in [1.29, 1.82) is 0 Å². The summed E-state index contributed by atoms with van der Waals surface area (Å²) in [6.07, 6.45) is 5.27. The van der Waals surface area contributed by atoms with E-state index in [9.17, 15) is 4.39 Å². The van der Waals surface area contributed by atoms with Gasteiger partial charge in [-0.3, -0.25) is 4.98 Å². The zero-order chi connectivity index (χ0) is 14.1. The van der Waals surface area contributed by atoms with E-state index >= 15 is 0 Å². The molecule has 1 rings (SSSR count). The molecule has 0 aliphatic carbocycles. The first-order valence-electron chi connectivity index (χ1n) is 7.20. The van der Waals surface area contributed by atoms with Crippen molar-refractivity contribution in [2.24, 2.45) is 0 Å². The standard InChI is InChI=1S/C15H26FN3/c1-4-19(5-2)8-6-7-13(3)18-11-14-9-15(16)12-17-10-14/h9-10,12-13,18H,4-8,11H2,1-3H3. The van der Waals surface area contributed by atoms with Gasteiger partial charge in [-0.1, -0.05) is 13.8 Å². The zero-order valence-electron chi connectivity index (χ0n) is 12.3. The maximum atomic E-state index is 13.0. The highest BCUT2D eigenvalue weighted by molar-refractivity contribution is 5.09. The van der Waals surface area contributed by atoms with E-state index in [2.05, 4.69) is 36.0 Å². The summed E-state index contributed by atoms with van der Waals surface area (Å²) in [5, 5.41) is 3.41. The third-order valence-corrected chi connectivity index (χ3v) is 3.42. The van der Waals surface area contributed by atoms with Crippen LogP contribution in [0.15, 0.2) is 18.5 Å². The van der Waals surface area contributed by atoms with Crippen LogP contribution in [0.1, 0.15) is 39.2 Å². The van der Waals surface area contributed by atoms with Gasteiger partial charge in [-0.05, 0) is 51.0 Å². The van der Waals surface area contributed by atoms with Crippen LogP contribution in [-0.2, 0) is 6.54 Å². The predicted octanol–water partition coefficient (Wildman–Crippen LogP) is 2.82. The van der Waals surface area contributed by atoms with Gasteiger partial charge in [-0.25, -0.2) is 4.39 Å². The van der Waals surface area contributed by atoms with Crippen molar-refractivity contribution in [3.63, 3.8) is 0 Å². The lowest BCUT2D eigenvalue weighted by Crippen LogP contribution is -2.28. The van der Waals surface area contributed by atoms with Crippen molar-refractivity contribution < 1.29 is 4.39 Å². The van der Waals surface area contributed by atoms with Crippen molar-refractivity contribution >= 4 is 0 Å². The Morgan fingerprint density at radius 2 is 2.05 bits per heavy atom. The molecule has 0 aliphatic heterocycles. The van der Waals surface area contributed by atoms with Gasteiger partial charge >= 0.3 is 0 Å². The minimum Gasteiger partial charge on any atom is -0.310 e. The van der Waals surface area contributed by atoms with Crippen molar-refractivity contribution in [2.75, 3.05) is 19.6 Å². The van der Waals surface area contributed by atoms with Gasteiger partial charge in [0.25, 0.3) is 0 Å². The van der Waals surface area contributed by atoms with Gasteiger partial charge in [-0.2, -0.15) is 0 Å². The highest BCUT2D eigenvalue weighted by atomic mass is 19.1. The van der Waals surface area contributed by atoms with E-state index in [-0.39, 0.29) is 5.82 Å². The first kappa shape index (κ1) is 16.1. The minimum absolute atomic E-state index is 0.270. The summed E-state index contributed by atoms with van der Waals surface area (Å²) in [5.41, 5.74) is 0.899. The van der Waals surface area contributed by atoms with Crippen LogP contribution in [-0.4, -0.2) is 35.6 Å². The molecule has 1 aromatic rings. The van der Waals surface area contributed by atoms with Crippen molar-refractivity contribution in [3.05, 3.63) is 29.8 Å². The lowest BCUT2D eigenvalue weighted by molar-refractivity contribution is 0.290. The van der Waals surface area contributed by atoms with Crippen LogP contribution < -0.4 is 5.32 Å². The summed E-state index contributed by atoms with van der Waals surface area (Å²) >= 11 is 0. The van der Waals surface area contributed by atoms with Gasteiger partial charge in [0, 0.05) is 18.8 Å². The lowest BCUT2D eigenvalue weighted by Gasteiger charge is -2.19. The van der Waals surface area contributed by atoms with Gasteiger partial charge in [0.1, 0.15) is 5.82 Å². The smallest absolute Gasteiger partial charge is 0.141 e. The van der Waals surface area contributed by atoms with E-state index < -0.39 is 0 Å². The van der Waals surface area contributed by atoms with Gasteiger partial charge in [0.15, 0.2) is 0 Å². The van der Waals surface area contributed by atoms with E-state index in [0.717, 1.165) is 31.6 Å². The molecule has 19 heavy (non-hydrogen) atoms. The van der Waals surface area contributed by atoms with Gasteiger partial charge < -0.3 is 10.2 Å². The van der Waals surface area contributed by atoms with E-state index in [1.807, 2.05) is 0 Å². The number of rotatable bonds is 9. The number of halogens is 1. The molecule has 1 atom stereocenters. The van der Waals surface area contributed by atoms with Crippen LogP contribution in [0.2, 0.25) is 0 Å². The summed E-state index contributed by atoms with van der Waals surface area (Å²) < 4.78 is 13.0. The molecule has 0 saturated carbocycles. The molecule has 0 aromatic carbocycles. The Morgan fingerprint density at radius 1 is 1.32 bits per heavy atom. The van der Waals surface area contributed by atoms with Crippen LogP contribution >= 0.6 is 0 Å². The van der Waals surface area contributed by atoms with Crippen LogP contribution in [0, 0.1) is 5.82 Å². The number of hydrogen-bond donors (Lipinski definition) is 1. The molecule has 0 radical (unpaired) electrons. The summed E-state index contributed by atoms with van der Waals surface area (Å²) in [6.45, 7) is 10.6. The highest BCUT2D eigenvalue weighted by Gasteiger charge is 2.04. The third-order valence-electron chi connectivity index (χ3n) is 3.42. The molecule has 1 heterocycles.